The van der Waals surface area contributed by atoms with E-state index in [-0.39, 0.29) is 24.5 Å². The van der Waals surface area contributed by atoms with E-state index in [2.05, 4.69) is 36.3 Å². The number of hydrogen-bond acceptors (Lipinski definition) is 3. The second kappa shape index (κ2) is 12.3. The molecule has 1 aliphatic heterocycles. The molecule has 2 N–H and O–H groups in total. The molecule has 5 nitrogen and oxygen atoms in total. The minimum atomic E-state index is -0.448. The van der Waals surface area contributed by atoms with Crippen LogP contribution >= 0.6 is 11.6 Å². The Morgan fingerprint density at radius 2 is 2.34 bits per heavy atom. The summed E-state index contributed by atoms with van der Waals surface area (Å²) in [6.45, 7) is 6.19. The Morgan fingerprint density at radius 1 is 1.52 bits per heavy atom. The maximum absolute atomic E-state index is 12.0. The number of allylic oxidation sites excluding steroid dienone is 5. The SMILES string of the molecule is C=CC1NC(=O)OCC1/C=C/NC(=O)/C=C/CCC(CC)CC1C=CC(Cl)=CC1. The first-order valence-electron chi connectivity index (χ1n) is 10.2. The monoisotopic (exact) mass is 418 g/mol. The lowest BCUT2D eigenvalue weighted by molar-refractivity contribution is -0.115. The van der Waals surface area contributed by atoms with Crippen molar-refractivity contribution in [3.8, 4) is 0 Å². The average Bonchev–Trinajstić information content (AvgIpc) is 2.72. The van der Waals surface area contributed by atoms with Crippen LogP contribution in [0.1, 0.15) is 39.0 Å². The Kier molecular flexibility index (Phi) is 9.78. The third kappa shape index (κ3) is 8.32. The normalized spacial score (nSPS) is 25.4. The highest BCUT2D eigenvalue weighted by Crippen LogP contribution is 2.28. The number of nitrogens with one attached hydrogen (secondary N) is 2. The molecule has 0 saturated carbocycles. The minimum absolute atomic E-state index is 0.0571. The molecule has 0 aromatic rings. The van der Waals surface area contributed by atoms with Crippen LogP contribution in [0.5, 0.6) is 0 Å². The maximum atomic E-state index is 12.0. The maximum Gasteiger partial charge on any atom is 0.407 e. The summed E-state index contributed by atoms with van der Waals surface area (Å²) in [5, 5.41) is 6.22. The predicted molar refractivity (Wildman–Crippen MR) is 117 cm³/mol. The third-order valence-corrected chi connectivity index (χ3v) is 5.62. The molecular weight excluding hydrogens is 388 g/mol. The number of carbonyl (C=O) groups excluding carboxylic acids is 2. The fourth-order valence-corrected chi connectivity index (χ4v) is 3.69. The fourth-order valence-electron chi connectivity index (χ4n) is 3.52. The number of amides is 2. The summed E-state index contributed by atoms with van der Waals surface area (Å²) >= 11 is 5.98. The zero-order valence-electron chi connectivity index (χ0n) is 17.0. The van der Waals surface area contributed by atoms with Crippen molar-refractivity contribution < 1.29 is 14.3 Å². The summed E-state index contributed by atoms with van der Waals surface area (Å²) in [5.74, 6) is 0.978. The molecule has 158 valence electrons. The Hall–Kier alpha value is -2.27. The molecule has 2 aliphatic rings. The first-order chi connectivity index (χ1) is 14.0. The molecule has 0 bridgehead atoms. The highest BCUT2D eigenvalue weighted by molar-refractivity contribution is 6.31. The largest absolute Gasteiger partial charge is 0.449 e. The van der Waals surface area contributed by atoms with Crippen molar-refractivity contribution in [3.63, 3.8) is 0 Å². The second-order valence-electron chi connectivity index (χ2n) is 7.47. The van der Waals surface area contributed by atoms with Gasteiger partial charge in [-0.1, -0.05) is 55.3 Å². The Morgan fingerprint density at radius 3 is 3.03 bits per heavy atom. The van der Waals surface area contributed by atoms with E-state index in [4.69, 9.17) is 16.3 Å². The van der Waals surface area contributed by atoms with Crippen molar-refractivity contribution in [1.82, 2.24) is 10.6 Å². The van der Waals surface area contributed by atoms with Crippen LogP contribution in [-0.2, 0) is 9.53 Å². The van der Waals surface area contributed by atoms with Crippen molar-refractivity contribution in [3.05, 3.63) is 60.3 Å². The number of halogens is 1. The van der Waals surface area contributed by atoms with E-state index in [1.165, 1.54) is 0 Å². The van der Waals surface area contributed by atoms with Gasteiger partial charge in [0.05, 0.1) is 6.04 Å². The van der Waals surface area contributed by atoms with Gasteiger partial charge in [-0.15, -0.1) is 6.58 Å². The van der Waals surface area contributed by atoms with Crippen molar-refractivity contribution in [1.29, 1.82) is 0 Å². The van der Waals surface area contributed by atoms with Gasteiger partial charge in [-0.3, -0.25) is 4.79 Å². The van der Waals surface area contributed by atoms with Gasteiger partial charge in [-0.25, -0.2) is 4.79 Å². The molecule has 1 fully saturated rings. The molecule has 0 aromatic carbocycles. The lowest BCUT2D eigenvalue weighted by atomic mass is 9.86. The van der Waals surface area contributed by atoms with E-state index < -0.39 is 6.09 Å². The lowest BCUT2D eigenvalue weighted by Gasteiger charge is -2.27. The van der Waals surface area contributed by atoms with Gasteiger partial charge in [0.2, 0.25) is 5.91 Å². The van der Waals surface area contributed by atoms with Gasteiger partial charge in [-0.05, 0) is 49.7 Å². The van der Waals surface area contributed by atoms with Gasteiger partial charge >= 0.3 is 6.09 Å². The quantitative estimate of drug-likeness (QED) is 0.388. The molecule has 6 heteroatoms. The van der Waals surface area contributed by atoms with E-state index in [0.29, 0.717) is 11.8 Å². The topological polar surface area (TPSA) is 67.4 Å². The molecule has 1 aliphatic carbocycles. The van der Waals surface area contributed by atoms with E-state index in [9.17, 15) is 9.59 Å². The van der Waals surface area contributed by atoms with Gasteiger partial charge in [0, 0.05) is 17.2 Å². The van der Waals surface area contributed by atoms with Crippen LogP contribution in [0.2, 0.25) is 0 Å². The highest BCUT2D eigenvalue weighted by atomic mass is 35.5. The molecule has 4 unspecified atom stereocenters. The summed E-state index contributed by atoms with van der Waals surface area (Å²) in [5.41, 5.74) is 0. The summed E-state index contributed by atoms with van der Waals surface area (Å²) in [6, 6.07) is -0.198. The van der Waals surface area contributed by atoms with E-state index >= 15 is 0 Å². The smallest absolute Gasteiger partial charge is 0.407 e. The number of alkyl carbamates (subject to hydrolysis) is 1. The molecule has 29 heavy (non-hydrogen) atoms. The van der Waals surface area contributed by atoms with E-state index in [1.54, 1.807) is 18.4 Å². The number of cyclic esters (lactones) is 1. The van der Waals surface area contributed by atoms with Gasteiger partial charge in [0.25, 0.3) is 0 Å². The first kappa shape index (κ1) is 23.0. The summed E-state index contributed by atoms with van der Waals surface area (Å²) in [4.78, 5) is 23.2. The van der Waals surface area contributed by atoms with Crippen LogP contribution in [-0.4, -0.2) is 24.6 Å². The second-order valence-corrected chi connectivity index (χ2v) is 7.91. The van der Waals surface area contributed by atoms with Crippen molar-refractivity contribution in [2.75, 3.05) is 6.61 Å². The van der Waals surface area contributed by atoms with E-state index in [1.807, 2.05) is 18.2 Å². The van der Waals surface area contributed by atoms with Crippen LogP contribution < -0.4 is 10.6 Å². The summed E-state index contributed by atoms with van der Waals surface area (Å²) < 4.78 is 4.96. The number of rotatable bonds is 10. The number of ether oxygens (including phenoxy) is 1. The highest BCUT2D eigenvalue weighted by Gasteiger charge is 2.25. The molecule has 1 heterocycles. The zero-order chi connectivity index (χ0) is 21.1. The van der Waals surface area contributed by atoms with Crippen LogP contribution in [0.25, 0.3) is 0 Å². The molecule has 0 radical (unpaired) electrons. The van der Waals surface area contributed by atoms with Crippen molar-refractivity contribution in [2.45, 2.75) is 45.1 Å². The van der Waals surface area contributed by atoms with Crippen LogP contribution in [0.3, 0.4) is 0 Å². The zero-order valence-corrected chi connectivity index (χ0v) is 17.7. The molecule has 2 rings (SSSR count). The third-order valence-electron chi connectivity index (χ3n) is 5.34. The molecule has 0 aromatic heterocycles. The summed E-state index contributed by atoms with van der Waals surface area (Å²) in [7, 11) is 0. The Labute approximate surface area is 178 Å². The predicted octanol–water partition coefficient (Wildman–Crippen LogP) is 4.98. The van der Waals surface area contributed by atoms with Crippen LogP contribution in [0.4, 0.5) is 4.79 Å². The first-order valence-corrected chi connectivity index (χ1v) is 10.6. The molecule has 0 spiro atoms. The Bertz CT molecular complexity index is 696. The van der Waals surface area contributed by atoms with Gasteiger partial charge in [0.1, 0.15) is 6.61 Å². The molecule has 2 amide bonds. The number of carbonyl (C=O) groups is 2. The average molecular weight is 419 g/mol. The van der Waals surface area contributed by atoms with Gasteiger partial charge in [-0.2, -0.15) is 0 Å². The van der Waals surface area contributed by atoms with Crippen LogP contribution in [0, 0.1) is 17.8 Å². The lowest BCUT2D eigenvalue weighted by Crippen LogP contribution is -2.46. The standard InChI is InChI=1S/C23H31ClN2O3/c1-3-17(15-18-9-11-20(24)12-10-18)7-5-6-8-22(27)25-14-13-19-16-29-23(28)26-21(19)4-2/h4,6,8-9,11-14,17-19,21H,2-3,5,7,10,15-16H2,1H3,(H,25,27)(H,26,28)/b8-6+,14-13+. The van der Waals surface area contributed by atoms with Crippen molar-refractivity contribution in [2.24, 2.45) is 17.8 Å². The number of hydrogen-bond donors (Lipinski definition) is 2. The van der Waals surface area contributed by atoms with Crippen molar-refractivity contribution >= 4 is 23.6 Å². The molecule has 1 saturated heterocycles. The van der Waals surface area contributed by atoms with Gasteiger partial charge < -0.3 is 15.4 Å². The van der Waals surface area contributed by atoms with E-state index in [0.717, 1.165) is 37.1 Å². The fraction of sp³-hybridized carbons (Fsp3) is 0.478. The van der Waals surface area contributed by atoms with Gasteiger partial charge in [0.15, 0.2) is 0 Å². The summed E-state index contributed by atoms with van der Waals surface area (Å²) in [6.07, 6.45) is 19.6. The Balaban J connectivity index is 1.67. The van der Waals surface area contributed by atoms with Crippen LogP contribution in [0.15, 0.2) is 60.3 Å². The molecule has 4 atom stereocenters. The molecular formula is C23H31ClN2O3. The minimum Gasteiger partial charge on any atom is -0.449 e.